The molecule has 27 heavy (non-hydrogen) atoms. The Balaban J connectivity index is 2.06. The van der Waals surface area contributed by atoms with Crippen LogP contribution in [-0.2, 0) is 9.59 Å². The number of hydrogen-bond donors (Lipinski definition) is 1. The first kappa shape index (κ1) is 17.3. The predicted octanol–water partition coefficient (Wildman–Crippen LogP) is 3.71. The highest BCUT2D eigenvalue weighted by Crippen LogP contribution is 2.48. The van der Waals surface area contributed by atoms with Crippen molar-refractivity contribution in [1.29, 1.82) is 0 Å². The number of rotatable bonds is 1. The normalized spacial score (nSPS) is 20.7. The zero-order valence-electron chi connectivity index (χ0n) is 16.0. The van der Waals surface area contributed by atoms with Crippen LogP contribution in [0.5, 0.6) is 0 Å². The number of amides is 2. The number of para-hydroxylation sites is 2. The second-order valence-electron chi connectivity index (χ2n) is 7.56. The third-order valence-electron chi connectivity index (χ3n) is 5.66. The molecule has 2 aliphatic heterocycles. The summed E-state index contributed by atoms with van der Waals surface area (Å²) in [4.78, 5) is 29.6. The summed E-state index contributed by atoms with van der Waals surface area (Å²) in [6, 6.07) is 17.0. The Hall–Kier alpha value is -3.08. The molecule has 4 rings (SSSR count). The van der Waals surface area contributed by atoms with Crippen LogP contribution in [0.4, 0.5) is 11.4 Å². The van der Waals surface area contributed by atoms with E-state index in [0.29, 0.717) is 5.57 Å². The second kappa shape index (κ2) is 5.98. The van der Waals surface area contributed by atoms with Crippen LogP contribution in [0.1, 0.15) is 32.4 Å². The van der Waals surface area contributed by atoms with Crippen LogP contribution in [0.2, 0.25) is 0 Å². The van der Waals surface area contributed by atoms with Gasteiger partial charge in [-0.3, -0.25) is 14.5 Å². The summed E-state index contributed by atoms with van der Waals surface area (Å²) >= 11 is 0. The summed E-state index contributed by atoms with van der Waals surface area (Å²) in [5, 5.41) is 3.48. The Morgan fingerprint density at radius 3 is 2.33 bits per heavy atom. The number of benzene rings is 2. The Morgan fingerprint density at radius 1 is 1.04 bits per heavy atom. The minimum atomic E-state index is -0.501. The van der Waals surface area contributed by atoms with Gasteiger partial charge in [-0.25, -0.2) is 0 Å². The van der Waals surface area contributed by atoms with E-state index in [1.54, 1.807) is 16.7 Å². The maximum atomic E-state index is 13.3. The van der Waals surface area contributed by atoms with Gasteiger partial charge in [0, 0.05) is 14.0 Å². The summed E-state index contributed by atoms with van der Waals surface area (Å²) in [7, 11) is 1.81. The van der Waals surface area contributed by atoms with Crippen molar-refractivity contribution in [1.82, 2.24) is 4.90 Å². The van der Waals surface area contributed by atoms with Crippen molar-refractivity contribution in [2.75, 3.05) is 17.3 Å². The van der Waals surface area contributed by atoms with Crippen molar-refractivity contribution in [3.05, 3.63) is 71.4 Å². The van der Waals surface area contributed by atoms with Gasteiger partial charge < -0.3 is 10.2 Å². The van der Waals surface area contributed by atoms with Gasteiger partial charge in [0.15, 0.2) is 0 Å². The molecule has 0 fully saturated rings. The Kier molecular flexibility index (Phi) is 3.84. The van der Waals surface area contributed by atoms with Crippen LogP contribution in [0.3, 0.4) is 0 Å². The van der Waals surface area contributed by atoms with Crippen LogP contribution in [0.15, 0.2) is 65.9 Å². The van der Waals surface area contributed by atoms with Gasteiger partial charge in [-0.1, -0.05) is 42.5 Å². The number of carbonyl (C=O) groups is 2. The first-order valence-electron chi connectivity index (χ1n) is 9.07. The molecular weight excluding hydrogens is 338 g/mol. The molecule has 1 N–H and O–H groups in total. The molecule has 1 unspecified atom stereocenters. The average molecular weight is 361 g/mol. The molecule has 2 amide bonds. The Labute approximate surface area is 159 Å². The molecule has 0 saturated heterocycles. The van der Waals surface area contributed by atoms with E-state index in [2.05, 4.69) is 5.32 Å². The van der Waals surface area contributed by atoms with Gasteiger partial charge in [0.2, 0.25) is 5.91 Å². The summed E-state index contributed by atoms with van der Waals surface area (Å²) in [6.45, 7) is 5.59. The average Bonchev–Trinajstić information content (AvgIpc) is 2.79. The summed E-state index contributed by atoms with van der Waals surface area (Å²) in [6.07, 6.45) is 0. The molecule has 2 aliphatic rings. The summed E-state index contributed by atoms with van der Waals surface area (Å²) in [5.41, 5.74) is 3.49. The number of nitrogens with zero attached hydrogens (tertiary/aromatic N) is 2. The maximum Gasteiger partial charge on any atom is 0.254 e. The third kappa shape index (κ3) is 2.46. The van der Waals surface area contributed by atoms with Crippen molar-refractivity contribution < 1.29 is 9.59 Å². The van der Waals surface area contributed by atoms with Gasteiger partial charge in [0.25, 0.3) is 5.91 Å². The Morgan fingerprint density at radius 2 is 1.67 bits per heavy atom. The highest BCUT2D eigenvalue weighted by atomic mass is 16.2. The monoisotopic (exact) mass is 361 g/mol. The molecule has 2 aromatic carbocycles. The fourth-order valence-corrected chi connectivity index (χ4v) is 4.01. The van der Waals surface area contributed by atoms with Crippen molar-refractivity contribution in [3.8, 4) is 0 Å². The third-order valence-corrected chi connectivity index (χ3v) is 5.66. The first-order valence-corrected chi connectivity index (χ1v) is 9.07. The van der Waals surface area contributed by atoms with Gasteiger partial charge in [0.05, 0.1) is 34.2 Å². The number of fused-ring (bicyclic) bond motifs is 1. The largest absolute Gasteiger partial charge is 0.355 e. The lowest BCUT2D eigenvalue weighted by Gasteiger charge is -2.33. The molecule has 0 aliphatic carbocycles. The lowest BCUT2D eigenvalue weighted by atomic mass is 9.92. The first-order chi connectivity index (χ1) is 12.8. The van der Waals surface area contributed by atoms with Gasteiger partial charge in [0.1, 0.15) is 0 Å². The standard InChI is InChI=1S/C22H23N3O2/c1-14(26)25-17-13-9-8-12-16(17)23-20-18(21(27)24(4)22(20,2)3)19(25)15-10-6-5-7-11-15/h5-13,19,23H,1-4H3. The molecule has 138 valence electrons. The van der Waals surface area contributed by atoms with E-state index >= 15 is 0 Å². The van der Waals surface area contributed by atoms with Crippen molar-refractivity contribution >= 4 is 23.2 Å². The fourth-order valence-electron chi connectivity index (χ4n) is 4.01. The topological polar surface area (TPSA) is 52.7 Å². The van der Waals surface area contributed by atoms with Crippen molar-refractivity contribution in [2.24, 2.45) is 0 Å². The molecule has 0 saturated carbocycles. The van der Waals surface area contributed by atoms with Gasteiger partial charge in [-0.15, -0.1) is 0 Å². The fraction of sp³-hybridized carbons (Fsp3) is 0.273. The van der Waals surface area contributed by atoms with E-state index in [9.17, 15) is 9.59 Å². The zero-order valence-corrected chi connectivity index (χ0v) is 16.0. The van der Waals surface area contributed by atoms with Gasteiger partial charge >= 0.3 is 0 Å². The number of likely N-dealkylation sites (N-methyl/N-ethyl adjacent to an activating group) is 1. The van der Waals surface area contributed by atoms with Crippen LogP contribution < -0.4 is 10.2 Å². The van der Waals surface area contributed by atoms with E-state index in [-0.39, 0.29) is 11.8 Å². The molecule has 2 heterocycles. The predicted molar refractivity (Wildman–Crippen MR) is 106 cm³/mol. The van der Waals surface area contributed by atoms with Crippen LogP contribution in [0, 0.1) is 0 Å². The lowest BCUT2D eigenvalue weighted by molar-refractivity contribution is -0.127. The van der Waals surface area contributed by atoms with Crippen LogP contribution in [0.25, 0.3) is 0 Å². The molecule has 0 radical (unpaired) electrons. The minimum absolute atomic E-state index is 0.0598. The second-order valence-corrected chi connectivity index (χ2v) is 7.56. The van der Waals surface area contributed by atoms with Crippen molar-refractivity contribution in [3.63, 3.8) is 0 Å². The minimum Gasteiger partial charge on any atom is -0.355 e. The maximum absolute atomic E-state index is 13.3. The van der Waals surface area contributed by atoms with E-state index in [4.69, 9.17) is 0 Å². The number of anilines is 2. The number of carbonyl (C=O) groups excluding carboxylic acids is 2. The molecule has 2 aromatic rings. The Bertz CT molecular complexity index is 963. The van der Waals surface area contributed by atoms with E-state index < -0.39 is 11.6 Å². The molecule has 0 spiro atoms. The van der Waals surface area contributed by atoms with Crippen molar-refractivity contribution in [2.45, 2.75) is 32.4 Å². The van der Waals surface area contributed by atoms with Crippen LogP contribution in [-0.4, -0.2) is 29.3 Å². The highest BCUT2D eigenvalue weighted by molar-refractivity contribution is 6.06. The number of hydrogen-bond acceptors (Lipinski definition) is 3. The molecule has 5 nitrogen and oxygen atoms in total. The van der Waals surface area contributed by atoms with E-state index in [0.717, 1.165) is 22.6 Å². The number of nitrogens with one attached hydrogen (secondary N) is 1. The smallest absolute Gasteiger partial charge is 0.254 e. The summed E-state index contributed by atoms with van der Waals surface area (Å²) in [5.74, 6) is -0.164. The molecule has 0 bridgehead atoms. The van der Waals surface area contributed by atoms with E-state index in [1.807, 2.05) is 75.5 Å². The lowest BCUT2D eigenvalue weighted by Crippen LogP contribution is -2.43. The quantitative estimate of drug-likeness (QED) is 0.842. The van der Waals surface area contributed by atoms with Gasteiger partial charge in [-0.2, -0.15) is 0 Å². The SMILES string of the molecule is CC(=O)N1c2ccccc2NC2=C(C(=O)N(C)C2(C)C)C1c1ccccc1. The molecule has 0 aromatic heterocycles. The molecule has 5 heteroatoms. The zero-order chi connectivity index (χ0) is 19.3. The molecule has 1 atom stereocenters. The highest BCUT2D eigenvalue weighted by Gasteiger charge is 2.49. The molecular formula is C22H23N3O2. The van der Waals surface area contributed by atoms with Gasteiger partial charge in [-0.05, 0) is 31.5 Å². The van der Waals surface area contributed by atoms with Crippen LogP contribution >= 0.6 is 0 Å². The summed E-state index contributed by atoms with van der Waals surface area (Å²) < 4.78 is 0. The van der Waals surface area contributed by atoms with E-state index in [1.165, 1.54) is 0 Å².